The van der Waals surface area contributed by atoms with Gasteiger partial charge >= 0.3 is 6.18 Å². The van der Waals surface area contributed by atoms with Crippen LogP contribution in [0, 0.1) is 0 Å². The Bertz CT molecular complexity index is 1440. The molecule has 3 aromatic heterocycles. The maximum Gasteiger partial charge on any atom is 0.416 e. The number of amides is 2. The number of rotatable bonds is 5. The molecule has 0 aliphatic heterocycles. The van der Waals surface area contributed by atoms with Gasteiger partial charge < -0.3 is 5.32 Å². The Morgan fingerprint density at radius 1 is 1.09 bits per heavy atom. The average molecular weight is 522 g/mol. The molecular weight excluding hydrogens is 506 g/mol. The van der Waals surface area contributed by atoms with Gasteiger partial charge in [-0.05, 0) is 35.9 Å². The van der Waals surface area contributed by atoms with Gasteiger partial charge in [-0.25, -0.2) is 9.50 Å². The van der Waals surface area contributed by atoms with Crippen molar-refractivity contribution in [3.05, 3.63) is 82.2 Å². The van der Waals surface area contributed by atoms with Gasteiger partial charge in [-0.1, -0.05) is 29.3 Å². The summed E-state index contributed by atoms with van der Waals surface area (Å²) in [5.41, 5.74) is 0.0566. The lowest BCUT2D eigenvalue weighted by atomic mass is 10.0. The van der Waals surface area contributed by atoms with Crippen molar-refractivity contribution in [2.45, 2.75) is 19.5 Å². The number of carbonyl (C=O) groups excluding carboxylic acids is 2. The van der Waals surface area contributed by atoms with Crippen LogP contribution >= 0.6 is 23.2 Å². The minimum atomic E-state index is -4.66. The maximum atomic E-state index is 13.3. The highest BCUT2D eigenvalue weighted by Crippen LogP contribution is 2.35. The fourth-order valence-electron chi connectivity index (χ4n) is 3.52. The van der Waals surface area contributed by atoms with Gasteiger partial charge in [0.15, 0.2) is 0 Å². The van der Waals surface area contributed by atoms with E-state index >= 15 is 0 Å². The molecule has 180 valence electrons. The molecule has 35 heavy (non-hydrogen) atoms. The third-order valence-electron chi connectivity index (χ3n) is 5.01. The van der Waals surface area contributed by atoms with Crippen molar-refractivity contribution in [1.82, 2.24) is 14.6 Å². The molecule has 0 fully saturated rings. The Morgan fingerprint density at radius 2 is 1.86 bits per heavy atom. The molecule has 0 saturated carbocycles. The van der Waals surface area contributed by atoms with E-state index in [2.05, 4.69) is 15.4 Å². The van der Waals surface area contributed by atoms with Crippen LogP contribution in [0.25, 0.3) is 5.52 Å². The van der Waals surface area contributed by atoms with Crippen LogP contribution in [0.15, 0.2) is 61.1 Å². The second-order valence-corrected chi connectivity index (χ2v) is 8.33. The molecule has 0 saturated heterocycles. The first kappa shape index (κ1) is 24.5. The molecule has 0 radical (unpaired) electrons. The molecule has 12 heteroatoms. The van der Waals surface area contributed by atoms with E-state index in [-0.39, 0.29) is 27.1 Å². The second kappa shape index (κ2) is 9.55. The summed E-state index contributed by atoms with van der Waals surface area (Å²) in [4.78, 5) is 30.5. The van der Waals surface area contributed by atoms with Crippen molar-refractivity contribution < 1.29 is 22.8 Å². The Hall–Kier alpha value is -3.63. The number of pyridine rings is 2. The quantitative estimate of drug-likeness (QED) is 0.353. The van der Waals surface area contributed by atoms with Crippen molar-refractivity contribution in [2.75, 3.05) is 10.2 Å². The highest BCUT2D eigenvalue weighted by molar-refractivity contribution is 6.34. The van der Waals surface area contributed by atoms with Gasteiger partial charge in [0.1, 0.15) is 5.82 Å². The fourth-order valence-corrected chi connectivity index (χ4v) is 3.92. The van der Waals surface area contributed by atoms with Crippen LogP contribution in [0.1, 0.15) is 18.1 Å². The number of alkyl halides is 3. The number of nitrogens with one attached hydrogen (secondary N) is 1. The monoisotopic (exact) mass is 521 g/mol. The van der Waals surface area contributed by atoms with Gasteiger partial charge in [0.05, 0.1) is 28.2 Å². The smallest absolute Gasteiger partial charge is 0.326 e. The molecule has 0 aliphatic rings. The third kappa shape index (κ3) is 5.39. The van der Waals surface area contributed by atoms with Gasteiger partial charge in [-0.2, -0.15) is 18.3 Å². The molecule has 1 N–H and O–H groups in total. The van der Waals surface area contributed by atoms with Crippen molar-refractivity contribution in [3.63, 3.8) is 0 Å². The number of carbonyl (C=O) groups is 2. The number of benzene rings is 1. The standard InChI is InChI=1S/C23H16Cl2F3N5O2/c1-13(34)33(20-11-17-5-7-30-32(17)12-19(20)25)21-10-16(4-6-29-21)31-22(35)8-14-2-3-15(24)9-18(14)23(26,27)28/h2-7,9-12H,8H2,1H3,(H,29,31,35). The number of anilines is 3. The molecule has 4 aromatic rings. The van der Waals surface area contributed by atoms with Crippen LogP contribution in [-0.4, -0.2) is 26.4 Å². The van der Waals surface area contributed by atoms with Crippen molar-refractivity contribution >= 4 is 57.7 Å². The Balaban J connectivity index is 1.60. The van der Waals surface area contributed by atoms with Gasteiger partial charge in [0.25, 0.3) is 0 Å². The maximum absolute atomic E-state index is 13.3. The summed E-state index contributed by atoms with van der Waals surface area (Å²) < 4.78 is 41.6. The van der Waals surface area contributed by atoms with Gasteiger partial charge in [0.2, 0.25) is 11.8 Å². The molecule has 0 atom stereocenters. The number of hydrogen-bond acceptors (Lipinski definition) is 4. The van der Waals surface area contributed by atoms with E-state index in [1.807, 2.05) is 0 Å². The van der Waals surface area contributed by atoms with E-state index in [9.17, 15) is 22.8 Å². The van der Waals surface area contributed by atoms with Crippen LogP contribution in [0.5, 0.6) is 0 Å². The zero-order chi connectivity index (χ0) is 25.3. The molecule has 4 rings (SSSR count). The van der Waals surface area contributed by atoms with E-state index in [1.165, 1.54) is 42.4 Å². The SMILES string of the molecule is CC(=O)N(c1cc(NC(=O)Cc2ccc(Cl)cc2C(F)(F)F)ccn1)c1cc2ccnn2cc1Cl. The lowest BCUT2D eigenvalue weighted by molar-refractivity contribution is -0.138. The van der Waals surface area contributed by atoms with E-state index < -0.39 is 30.0 Å². The molecule has 0 aliphatic carbocycles. The average Bonchev–Trinajstić information content (AvgIpc) is 3.21. The minimum Gasteiger partial charge on any atom is -0.326 e. The lowest BCUT2D eigenvalue weighted by Crippen LogP contribution is -2.24. The molecule has 7 nitrogen and oxygen atoms in total. The minimum absolute atomic E-state index is 0.0858. The summed E-state index contributed by atoms with van der Waals surface area (Å²) in [5.74, 6) is -0.936. The van der Waals surface area contributed by atoms with Crippen LogP contribution in [0.2, 0.25) is 10.0 Å². The van der Waals surface area contributed by atoms with E-state index in [0.29, 0.717) is 11.2 Å². The highest BCUT2D eigenvalue weighted by Gasteiger charge is 2.34. The third-order valence-corrected chi connectivity index (χ3v) is 5.53. The van der Waals surface area contributed by atoms with Crippen molar-refractivity contribution in [3.8, 4) is 0 Å². The zero-order valence-electron chi connectivity index (χ0n) is 18.0. The Labute approximate surface area is 207 Å². The molecule has 0 bridgehead atoms. The number of fused-ring (bicyclic) bond motifs is 1. The summed E-state index contributed by atoms with van der Waals surface area (Å²) in [6, 6.07) is 9.49. The van der Waals surface area contributed by atoms with Crippen LogP contribution in [-0.2, 0) is 22.2 Å². The Kier molecular flexibility index (Phi) is 6.68. The van der Waals surface area contributed by atoms with Gasteiger partial charge in [-0.3, -0.25) is 14.5 Å². The normalized spacial score (nSPS) is 11.5. The molecule has 3 heterocycles. The summed E-state index contributed by atoms with van der Waals surface area (Å²) in [7, 11) is 0. The van der Waals surface area contributed by atoms with Gasteiger partial charge in [-0.15, -0.1) is 0 Å². The van der Waals surface area contributed by atoms with E-state index in [4.69, 9.17) is 23.2 Å². The summed E-state index contributed by atoms with van der Waals surface area (Å²) >= 11 is 12.1. The molecule has 0 unspecified atom stereocenters. The summed E-state index contributed by atoms with van der Waals surface area (Å²) in [6.45, 7) is 1.32. The number of aromatic nitrogens is 3. The predicted octanol–water partition coefficient (Wildman–Crippen LogP) is 5.92. The largest absolute Gasteiger partial charge is 0.416 e. The first-order valence-electron chi connectivity index (χ1n) is 10.1. The first-order valence-corrected chi connectivity index (χ1v) is 10.8. The fraction of sp³-hybridized carbons (Fsp3) is 0.130. The second-order valence-electron chi connectivity index (χ2n) is 7.49. The zero-order valence-corrected chi connectivity index (χ0v) is 19.5. The molecular formula is C23H16Cl2F3N5O2. The van der Waals surface area contributed by atoms with Crippen molar-refractivity contribution in [2.24, 2.45) is 0 Å². The number of halogens is 5. The summed E-state index contributed by atoms with van der Waals surface area (Å²) in [5, 5.41) is 6.78. The Morgan fingerprint density at radius 3 is 2.57 bits per heavy atom. The lowest BCUT2D eigenvalue weighted by Gasteiger charge is -2.22. The number of nitrogens with zero attached hydrogens (tertiary/aromatic N) is 4. The van der Waals surface area contributed by atoms with Crippen molar-refractivity contribution in [1.29, 1.82) is 0 Å². The molecule has 0 spiro atoms. The van der Waals surface area contributed by atoms with Crippen LogP contribution in [0.3, 0.4) is 0 Å². The predicted molar refractivity (Wildman–Crippen MR) is 126 cm³/mol. The topological polar surface area (TPSA) is 79.6 Å². The van der Waals surface area contributed by atoms with E-state index in [1.54, 1.807) is 22.8 Å². The van der Waals surface area contributed by atoms with E-state index in [0.717, 1.165) is 12.1 Å². The molecule has 1 aromatic carbocycles. The first-order chi connectivity index (χ1) is 16.5. The molecule has 2 amide bonds. The van der Waals surface area contributed by atoms with Gasteiger partial charge in [0, 0.05) is 42.3 Å². The highest BCUT2D eigenvalue weighted by atomic mass is 35.5. The van der Waals surface area contributed by atoms with Crippen LogP contribution < -0.4 is 10.2 Å². The summed E-state index contributed by atoms with van der Waals surface area (Å²) in [6.07, 6.45) is -0.730. The number of hydrogen-bond donors (Lipinski definition) is 1. The van der Waals surface area contributed by atoms with Crippen LogP contribution in [0.4, 0.5) is 30.4 Å².